The normalized spacial score (nSPS) is 15.3. The first-order valence-corrected chi connectivity index (χ1v) is 19.6. The molecular weight excluding hydrogens is 810 g/mol. The zero-order valence-electron chi connectivity index (χ0n) is 34.7. The van der Waals surface area contributed by atoms with Gasteiger partial charge in [-0.25, -0.2) is 4.79 Å². The maximum absolute atomic E-state index is 13.8. The second-order valence-electron chi connectivity index (χ2n) is 14.2. The van der Waals surface area contributed by atoms with E-state index in [1.165, 1.54) is 6.92 Å². The van der Waals surface area contributed by atoms with Crippen LogP contribution in [0, 0.1) is 5.92 Å². The van der Waals surface area contributed by atoms with Crippen molar-refractivity contribution < 1.29 is 63.6 Å². The number of hydrogen-bond donors (Lipinski definition) is 16. The van der Waals surface area contributed by atoms with Gasteiger partial charge in [0, 0.05) is 13.0 Å². The zero-order chi connectivity index (χ0) is 46.8. The molecule has 21 N–H and O–H groups in total. The van der Waals surface area contributed by atoms with Gasteiger partial charge >= 0.3 is 5.97 Å². The third kappa shape index (κ3) is 21.9. The predicted octanol–water partition coefficient (Wildman–Crippen LogP) is -7.72. The van der Waals surface area contributed by atoms with Crippen molar-refractivity contribution in [2.75, 3.05) is 32.8 Å². The van der Waals surface area contributed by atoms with Crippen LogP contribution in [-0.2, 0) is 43.2 Å². The van der Waals surface area contributed by atoms with E-state index in [-0.39, 0.29) is 44.7 Å². The van der Waals surface area contributed by atoms with Crippen LogP contribution in [0.2, 0.25) is 0 Å². The van der Waals surface area contributed by atoms with Crippen LogP contribution in [0.1, 0.15) is 72.1 Å². The van der Waals surface area contributed by atoms with Crippen molar-refractivity contribution in [3.05, 3.63) is 0 Å². The average Bonchev–Trinajstić information content (AvgIpc) is 3.20. The van der Waals surface area contributed by atoms with E-state index >= 15 is 0 Å². The Hall–Kier alpha value is -5.70. The maximum Gasteiger partial charge on any atom is 0.328 e. The number of nitrogens with zero attached hydrogens (tertiary/aromatic N) is 1. The van der Waals surface area contributed by atoms with Crippen molar-refractivity contribution in [1.82, 2.24) is 37.2 Å². The number of amides is 8. The average molecular weight is 876 g/mol. The highest BCUT2D eigenvalue weighted by Crippen LogP contribution is 2.11. The van der Waals surface area contributed by atoms with Gasteiger partial charge in [-0.3, -0.25) is 43.3 Å². The van der Waals surface area contributed by atoms with Gasteiger partial charge in [0.15, 0.2) is 5.96 Å². The topological polar surface area (TPSA) is 461 Å². The Morgan fingerprint density at radius 2 is 1.13 bits per heavy atom. The SMILES string of the molecule is CC[C@H](C)[C@H](NC(=O)[C@H](CO)NC(=O)[C@H](CCC(N)=O)NC(=O)CNC(=O)[C@@H](N)[C@@H](C)O)C(=O)N[C@@H](CCCCN)C(=O)N[C@@H](CCCN=C(N)N)C(=O)N[C@@H](CO)C(=O)O. The van der Waals surface area contributed by atoms with Crippen molar-refractivity contribution in [2.45, 2.75) is 121 Å². The number of carboxylic acid groups (broad SMARTS) is 1. The lowest BCUT2D eigenvalue weighted by atomic mass is 9.97. The molecule has 8 amide bonds. The molecule has 0 aliphatic carbocycles. The summed E-state index contributed by atoms with van der Waals surface area (Å²) in [6, 6.07) is -10.4. The fourth-order valence-electron chi connectivity index (χ4n) is 5.25. The second kappa shape index (κ2) is 29.5. The molecule has 0 aliphatic heterocycles. The molecule has 0 bridgehead atoms. The Bertz CT molecular complexity index is 1510. The second-order valence-corrected chi connectivity index (χ2v) is 14.2. The van der Waals surface area contributed by atoms with E-state index in [2.05, 4.69) is 42.2 Å². The van der Waals surface area contributed by atoms with E-state index in [9.17, 15) is 63.6 Å². The summed E-state index contributed by atoms with van der Waals surface area (Å²) in [6.45, 7) is 2.17. The highest BCUT2D eigenvalue weighted by molar-refractivity contribution is 5.97. The summed E-state index contributed by atoms with van der Waals surface area (Å²) in [6.07, 6.45) is -0.928. The third-order valence-electron chi connectivity index (χ3n) is 9.14. The summed E-state index contributed by atoms with van der Waals surface area (Å²) in [5.41, 5.74) is 27.1. The maximum atomic E-state index is 13.8. The number of unbranched alkanes of at least 4 members (excludes halogenated alkanes) is 1. The standard InChI is InChI=1S/C35H65N13O13/c1-4-17(2)27(48-31(57)22(15-49)46-30(56)21(10-11-24(37)52)43-25(53)14-42-32(58)26(38)18(3)51)33(59)45-19(8-5-6-12-36)28(54)44-20(9-7-13-41-35(39)40)29(55)47-23(16-50)34(60)61/h17-23,26-27,49-51H,4-16,36,38H2,1-3H3,(H2,37,52)(H,42,58)(H,43,53)(H,44,54)(H,45,59)(H,46,56)(H,47,55)(H,48,57)(H,60,61)(H4,39,40,41)/t17-,18+,19-,20-,21-,22-,23-,26-,27-/m0/s1. The van der Waals surface area contributed by atoms with Crippen LogP contribution in [0.4, 0.5) is 0 Å². The first-order chi connectivity index (χ1) is 28.6. The molecule has 61 heavy (non-hydrogen) atoms. The number of nitrogens with one attached hydrogen (secondary N) is 7. The smallest absolute Gasteiger partial charge is 0.328 e. The minimum absolute atomic E-state index is 0.00253. The van der Waals surface area contributed by atoms with Gasteiger partial charge in [-0.1, -0.05) is 20.3 Å². The Kier molecular flexibility index (Phi) is 26.8. The summed E-state index contributed by atoms with van der Waals surface area (Å²) in [5.74, 6) is -9.85. The molecule has 26 nitrogen and oxygen atoms in total. The summed E-state index contributed by atoms with van der Waals surface area (Å²) < 4.78 is 0. The zero-order valence-corrected chi connectivity index (χ0v) is 34.7. The number of guanidine groups is 1. The van der Waals surface area contributed by atoms with Crippen LogP contribution in [0.25, 0.3) is 0 Å². The number of hydrogen-bond acceptors (Lipinski definition) is 15. The first kappa shape index (κ1) is 55.3. The van der Waals surface area contributed by atoms with Crippen molar-refractivity contribution in [2.24, 2.45) is 39.6 Å². The number of carbonyl (C=O) groups is 9. The number of carbonyl (C=O) groups excluding carboxylic acids is 8. The Balaban J connectivity index is 6.26. The quantitative estimate of drug-likeness (QED) is 0.0175. The predicted molar refractivity (Wildman–Crippen MR) is 217 cm³/mol. The van der Waals surface area contributed by atoms with E-state index in [1.54, 1.807) is 13.8 Å². The first-order valence-electron chi connectivity index (χ1n) is 19.6. The Morgan fingerprint density at radius 1 is 0.639 bits per heavy atom. The minimum atomic E-state index is -1.72. The number of aliphatic imine (C=N–C) groups is 1. The van der Waals surface area contributed by atoms with Gasteiger partial charge in [0.1, 0.15) is 42.3 Å². The molecule has 0 aromatic heterocycles. The van der Waals surface area contributed by atoms with Crippen molar-refractivity contribution in [1.29, 1.82) is 0 Å². The number of aliphatic carboxylic acids is 1. The minimum Gasteiger partial charge on any atom is -0.480 e. The number of aliphatic hydroxyl groups is 3. The van der Waals surface area contributed by atoms with E-state index in [0.29, 0.717) is 19.3 Å². The number of carboxylic acids is 1. The Labute approximate surface area is 352 Å². The molecule has 0 saturated carbocycles. The number of nitrogens with two attached hydrogens (primary N) is 5. The molecule has 0 unspecified atom stereocenters. The van der Waals surface area contributed by atoms with Gasteiger partial charge in [0.25, 0.3) is 0 Å². The van der Waals surface area contributed by atoms with Crippen molar-refractivity contribution in [3.63, 3.8) is 0 Å². The fourth-order valence-corrected chi connectivity index (χ4v) is 5.25. The summed E-state index contributed by atoms with van der Waals surface area (Å²) >= 11 is 0. The number of primary amides is 1. The molecule has 0 aliphatic rings. The molecule has 0 rings (SSSR count). The molecule has 0 fully saturated rings. The molecule has 26 heteroatoms. The van der Waals surface area contributed by atoms with Crippen molar-refractivity contribution >= 4 is 59.2 Å². The molecule has 348 valence electrons. The molecule has 0 aromatic carbocycles. The van der Waals surface area contributed by atoms with Crippen LogP contribution in [0.15, 0.2) is 4.99 Å². The molecule has 0 heterocycles. The van der Waals surface area contributed by atoms with Gasteiger partial charge < -0.3 is 86.3 Å². The monoisotopic (exact) mass is 875 g/mol. The lowest BCUT2D eigenvalue weighted by molar-refractivity contribution is -0.143. The van der Waals surface area contributed by atoms with E-state index < -0.39 is 134 Å². The summed E-state index contributed by atoms with van der Waals surface area (Å²) in [5, 5.41) is 54.7. The number of aliphatic hydroxyl groups excluding tert-OH is 3. The number of rotatable bonds is 31. The van der Waals surface area contributed by atoms with E-state index in [0.717, 1.165) is 0 Å². The van der Waals surface area contributed by atoms with Gasteiger partial charge in [0.2, 0.25) is 47.3 Å². The highest BCUT2D eigenvalue weighted by atomic mass is 16.4. The van der Waals surface area contributed by atoms with Crippen LogP contribution < -0.4 is 65.9 Å². The lowest BCUT2D eigenvalue weighted by Gasteiger charge is -2.29. The van der Waals surface area contributed by atoms with Crippen molar-refractivity contribution in [3.8, 4) is 0 Å². The lowest BCUT2D eigenvalue weighted by Crippen LogP contribution is -2.61. The van der Waals surface area contributed by atoms with Crippen LogP contribution in [0.3, 0.4) is 0 Å². The van der Waals surface area contributed by atoms with Gasteiger partial charge in [-0.05, 0) is 57.9 Å². The van der Waals surface area contributed by atoms with Crippen LogP contribution in [-0.4, -0.2) is 161 Å². The summed E-state index contributed by atoms with van der Waals surface area (Å²) in [4.78, 5) is 119. The molecular formula is C35H65N13O13. The third-order valence-corrected chi connectivity index (χ3v) is 9.14. The molecule has 0 spiro atoms. The molecule has 0 aromatic rings. The highest BCUT2D eigenvalue weighted by Gasteiger charge is 2.35. The molecule has 0 saturated heterocycles. The fraction of sp³-hybridized carbons (Fsp3) is 0.714. The van der Waals surface area contributed by atoms with E-state index in [4.69, 9.17) is 28.7 Å². The van der Waals surface area contributed by atoms with Gasteiger partial charge in [0.05, 0.1) is 25.9 Å². The van der Waals surface area contributed by atoms with Crippen LogP contribution in [0.5, 0.6) is 0 Å². The molecule has 9 atom stereocenters. The van der Waals surface area contributed by atoms with Crippen LogP contribution >= 0.6 is 0 Å². The van der Waals surface area contributed by atoms with E-state index in [1.807, 2.05) is 0 Å². The largest absolute Gasteiger partial charge is 0.480 e. The Morgan fingerprint density at radius 3 is 1.61 bits per heavy atom. The van der Waals surface area contributed by atoms with Gasteiger partial charge in [-0.15, -0.1) is 0 Å². The molecule has 0 radical (unpaired) electrons. The van der Waals surface area contributed by atoms with Gasteiger partial charge in [-0.2, -0.15) is 0 Å². The summed E-state index contributed by atoms with van der Waals surface area (Å²) in [7, 11) is 0.